The van der Waals surface area contributed by atoms with Crippen LogP contribution in [0, 0.1) is 17.8 Å². The summed E-state index contributed by atoms with van der Waals surface area (Å²) in [6, 6.07) is 3.62. The molecule has 1 amide bonds. The standard InChI is InChI=1S/C16H23N3O/c1-4-14(5-2)12(3)19-16(20)15-9-8-13(11-18-15)7-6-10-17/h8-9,11-12,14H,4-5,10,17H2,1-3H3,(H,19,20). The first-order valence-corrected chi connectivity index (χ1v) is 7.08. The van der Waals surface area contributed by atoms with E-state index in [1.807, 2.05) is 6.92 Å². The smallest absolute Gasteiger partial charge is 0.270 e. The van der Waals surface area contributed by atoms with E-state index in [1.165, 1.54) is 0 Å². The second-order valence-corrected chi connectivity index (χ2v) is 4.78. The zero-order valence-electron chi connectivity index (χ0n) is 12.4. The van der Waals surface area contributed by atoms with Crippen molar-refractivity contribution in [3.05, 3.63) is 29.6 Å². The number of aromatic nitrogens is 1. The van der Waals surface area contributed by atoms with Crippen LogP contribution in [-0.4, -0.2) is 23.5 Å². The summed E-state index contributed by atoms with van der Waals surface area (Å²) in [6.45, 7) is 6.63. The molecule has 0 radical (unpaired) electrons. The molecule has 1 unspecified atom stereocenters. The van der Waals surface area contributed by atoms with Crippen molar-refractivity contribution in [3.63, 3.8) is 0 Å². The van der Waals surface area contributed by atoms with Crippen molar-refractivity contribution in [1.82, 2.24) is 10.3 Å². The van der Waals surface area contributed by atoms with Gasteiger partial charge >= 0.3 is 0 Å². The fourth-order valence-corrected chi connectivity index (χ4v) is 2.15. The highest BCUT2D eigenvalue weighted by molar-refractivity contribution is 5.92. The topological polar surface area (TPSA) is 68.0 Å². The van der Waals surface area contributed by atoms with Crippen LogP contribution in [-0.2, 0) is 0 Å². The summed E-state index contributed by atoms with van der Waals surface area (Å²) in [7, 11) is 0. The average molecular weight is 273 g/mol. The maximum Gasteiger partial charge on any atom is 0.270 e. The number of nitrogens with one attached hydrogen (secondary N) is 1. The van der Waals surface area contributed by atoms with Crippen LogP contribution in [0.2, 0.25) is 0 Å². The summed E-state index contributed by atoms with van der Waals surface area (Å²) in [5.74, 6) is 5.99. The fraction of sp³-hybridized carbons (Fsp3) is 0.500. The maximum absolute atomic E-state index is 12.1. The second-order valence-electron chi connectivity index (χ2n) is 4.78. The second kappa shape index (κ2) is 8.34. The van der Waals surface area contributed by atoms with Crippen LogP contribution in [0.4, 0.5) is 0 Å². The van der Waals surface area contributed by atoms with Gasteiger partial charge in [0, 0.05) is 17.8 Å². The summed E-state index contributed by atoms with van der Waals surface area (Å²) in [5, 5.41) is 3.00. The number of rotatable bonds is 5. The monoisotopic (exact) mass is 273 g/mol. The molecule has 20 heavy (non-hydrogen) atoms. The highest BCUT2D eigenvalue weighted by Crippen LogP contribution is 2.13. The SMILES string of the molecule is CCC(CC)C(C)NC(=O)c1ccc(C#CCN)cn1. The lowest BCUT2D eigenvalue weighted by molar-refractivity contribution is 0.0920. The Morgan fingerprint density at radius 2 is 2.10 bits per heavy atom. The number of hydrogen-bond acceptors (Lipinski definition) is 3. The summed E-state index contributed by atoms with van der Waals surface area (Å²) >= 11 is 0. The minimum absolute atomic E-state index is 0.136. The van der Waals surface area contributed by atoms with Crippen LogP contribution < -0.4 is 11.1 Å². The van der Waals surface area contributed by atoms with Gasteiger partial charge in [-0.05, 0) is 25.0 Å². The molecule has 0 saturated carbocycles. The summed E-state index contributed by atoms with van der Waals surface area (Å²) < 4.78 is 0. The van der Waals surface area contributed by atoms with Gasteiger partial charge in [-0.1, -0.05) is 38.5 Å². The van der Waals surface area contributed by atoms with E-state index in [9.17, 15) is 4.79 Å². The first-order chi connectivity index (χ1) is 9.62. The minimum Gasteiger partial charge on any atom is -0.348 e. The zero-order chi connectivity index (χ0) is 15.0. The minimum atomic E-state index is -0.136. The Labute approximate surface area is 121 Å². The molecule has 0 fully saturated rings. The molecule has 1 heterocycles. The van der Waals surface area contributed by atoms with Gasteiger partial charge in [0.2, 0.25) is 0 Å². The molecular weight excluding hydrogens is 250 g/mol. The predicted molar refractivity (Wildman–Crippen MR) is 81.2 cm³/mol. The molecule has 1 aromatic rings. The Kier molecular flexibility index (Phi) is 6.75. The van der Waals surface area contributed by atoms with Crippen molar-refractivity contribution in [2.45, 2.75) is 39.7 Å². The highest BCUT2D eigenvalue weighted by Gasteiger charge is 2.17. The van der Waals surface area contributed by atoms with Gasteiger partial charge < -0.3 is 11.1 Å². The van der Waals surface area contributed by atoms with E-state index in [0.29, 0.717) is 18.2 Å². The van der Waals surface area contributed by atoms with E-state index in [4.69, 9.17) is 5.73 Å². The Hall–Kier alpha value is -1.86. The molecule has 0 bridgehead atoms. The lowest BCUT2D eigenvalue weighted by atomic mass is 9.95. The maximum atomic E-state index is 12.1. The molecule has 1 rings (SSSR count). The number of hydrogen-bond donors (Lipinski definition) is 2. The summed E-state index contributed by atoms with van der Waals surface area (Å²) in [5.41, 5.74) is 6.49. The van der Waals surface area contributed by atoms with Gasteiger partial charge in [0.15, 0.2) is 0 Å². The average Bonchev–Trinajstić information content (AvgIpc) is 2.46. The van der Waals surface area contributed by atoms with E-state index in [0.717, 1.165) is 18.4 Å². The molecule has 0 aliphatic carbocycles. The van der Waals surface area contributed by atoms with Gasteiger partial charge in [-0.25, -0.2) is 4.98 Å². The molecular formula is C16H23N3O. The predicted octanol–water partition coefficient (Wildman–Crippen LogP) is 1.95. The third-order valence-corrected chi connectivity index (χ3v) is 3.45. The number of nitrogens with zero attached hydrogens (tertiary/aromatic N) is 1. The van der Waals surface area contributed by atoms with Crippen molar-refractivity contribution in [2.24, 2.45) is 11.7 Å². The number of carbonyl (C=O) groups excluding carboxylic acids is 1. The molecule has 1 atom stereocenters. The van der Waals surface area contributed by atoms with Crippen molar-refractivity contribution in [1.29, 1.82) is 0 Å². The number of carbonyl (C=O) groups is 1. The Morgan fingerprint density at radius 3 is 2.60 bits per heavy atom. The summed E-state index contributed by atoms with van der Waals surface area (Å²) in [6.07, 6.45) is 3.71. The summed E-state index contributed by atoms with van der Waals surface area (Å²) in [4.78, 5) is 16.2. The molecule has 0 aliphatic rings. The number of pyridine rings is 1. The first kappa shape index (κ1) is 16.2. The molecule has 4 nitrogen and oxygen atoms in total. The van der Waals surface area contributed by atoms with Crippen LogP contribution in [0.3, 0.4) is 0 Å². The Morgan fingerprint density at radius 1 is 1.40 bits per heavy atom. The molecule has 0 saturated heterocycles. The van der Waals surface area contributed by atoms with Gasteiger partial charge in [0.1, 0.15) is 5.69 Å². The Balaban J connectivity index is 2.68. The van der Waals surface area contributed by atoms with Crippen LogP contribution >= 0.6 is 0 Å². The van der Waals surface area contributed by atoms with Gasteiger partial charge in [0.25, 0.3) is 5.91 Å². The van der Waals surface area contributed by atoms with Crippen LogP contribution in [0.25, 0.3) is 0 Å². The van der Waals surface area contributed by atoms with E-state index in [-0.39, 0.29) is 11.9 Å². The quantitative estimate of drug-likeness (QED) is 0.806. The number of nitrogens with two attached hydrogens (primary N) is 1. The highest BCUT2D eigenvalue weighted by atomic mass is 16.1. The molecule has 3 N–H and O–H groups in total. The third-order valence-electron chi connectivity index (χ3n) is 3.45. The van der Waals surface area contributed by atoms with Crippen molar-refractivity contribution in [3.8, 4) is 11.8 Å². The lowest BCUT2D eigenvalue weighted by Crippen LogP contribution is -2.38. The molecule has 0 spiro atoms. The van der Waals surface area contributed by atoms with Gasteiger partial charge in [-0.3, -0.25) is 4.79 Å². The molecule has 0 aliphatic heterocycles. The zero-order valence-corrected chi connectivity index (χ0v) is 12.4. The molecule has 108 valence electrons. The molecule has 0 aromatic carbocycles. The Bertz CT molecular complexity index is 481. The van der Waals surface area contributed by atoms with E-state index < -0.39 is 0 Å². The van der Waals surface area contributed by atoms with E-state index in [1.54, 1.807) is 18.3 Å². The van der Waals surface area contributed by atoms with Crippen LogP contribution in [0.5, 0.6) is 0 Å². The fourth-order valence-electron chi connectivity index (χ4n) is 2.15. The lowest BCUT2D eigenvalue weighted by Gasteiger charge is -2.22. The third kappa shape index (κ3) is 4.67. The van der Waals surface area contributed by atoms with Gasteiger partial charge in [0.05, 0.1) is 6.54 Å². The molecule has 1 aromatic heterocycles. The van der Waals surface area contributed by atoms with Gasteiger partial charge in [-0.2, -0.15) is 0 Å². The normalized spacial score (nSPS) is 11.7. The number of amides is 1. The molecule has 4 heteroatoms. The van der Waals surface area contributed by atoms with Crippen molar-refractivity contribution < 1.29 is 4.79 Å². The van der Waals surface area contributed by atoms with Gasteiger partial charge in [-0.15, -0.1) is 0 Å². The van der Waals surface area contributed by atoms with Crippen LogP contribution in [0.15, 0.2) is 18.3 Å². The van der Waals surface area contributed by atoms with Crippen molar-refractivity contribution in [2.75, 3.05) is 6.54 Å². The van der Waals surface area contributed by atoms with Crippen molar-refractivity contribution >= 4 is 5.91 Å². The first-order valence-electron chi connectivity index (χ1n) is 7.08. The van der Waals surface area contributed by atoms with E-state index >= 15 is 0 Å². The van der Waals surface area contributed by atoms with Crippen LogP contribution in [0.1, 0.15) is 49.7 Å². The van der Waals surface area contributed by atoms with E-state index in [2.05, 4.69) is 36.0 Å². The largest absolute Gasteiger partial charge is 0.348 e.